The molecule has 94 valence electrons. The van der Waals surface area contributed by atoms with E-state index in [-0.39, 0.29) is 24.5 Å². The summed E-state index contributed by atoms with van der Waals surface area (Å²) in [6, 6.07) is 12.6. The summed E-state index contributed by atoms with van der Waals surface area (Å²) in [5.41, 5.74) is 0.891. The Morgan fingerprint density at radius 3 is 1.56 bits per heavy atom. The van der Waals surface area contributed by atoms with Crippen LogP contribution >= 0.6 is 0 Å². The summed E-state index contributed by atoms with van der Waals surface area (Å²) in [7, 11) is 0. The first-order valence-corrected chi connectivity index (χ1v) is 5.81. The molecule has 1 nitrogen and oxygen atoms in total. The molecule has 18 heavy (non-hydrogen) atoms. The third-order valence-electron chi connectivity index (χ3n) is 2.83. The van der Waals surface area contributed by atoms with Crippen LogP contribution in [0.15, 0.2) is 48.5 Å². The van der Waals surface area contributed by atoms with Crippen molar-refractivity contribution in [3.63, 3.8) is 0 Å². The Morgan fingerprint density at radius 1 is 0.778 bits per heavy atom. The van der Waals surface area contributed by atoms with Gasteiger partial charge in [0.15, 0.2) is 0 Å². The number of benzene rings is 2. The molecule has 0 saturated heterocycles. The molecule has 2 aromatic carbocycles. The second-order valence-corrected chi connectivity index (χ2v) is 4.24. The lowest BCUT2D eigenvalue weighted by atomic mass is 10.0. The zero-order valence-corrected chi connectivity index (χ0v) is 9.81. The summed E-state index contributed by atoms with van der Waals surface area (Å²) in [4.78, 5) is 0. The van der Waals surface area contributed by atoms with Gasteiger partial charge in [-0.2, -0.15) is 0 Å². The van der Waals surface area contributed by atoms with Gasteiger partial charge in [0.05, 0.1) is 6.10 Å². The molecule has 0 aromatic heterocycles. The van der Waals surface area contributed by atoms with E-state index in [1.807, 2.05) is 0 Å². The van der Waals surface area contributed by atoms with E-state index < -0.39 is 6.10 Å². The fourth-order valence-corrected chi connectivity index (χ4v) is 1.91. The van der Waals surface area contributed by atoms with Crippen LogP contribution in [0, 0.1) is 11.6 Å². The van der Waals surface area contributed by atoms with Crippen molar-refractivity contribution in [1.29, 1.82) is 0 Å². The predicted octanol–water partition coefficient (Wildman–Crippen LogP) is 3.11. The van der Waals surface area contributed by atoms with Crippen LogP contribution in [-0.4, -0.2) is 11.2 Å². The van der Waals surface area contributed by atoms with Gasteiger partial charge in [0.25, 0.3) is 0 Å². The highest BCUT2D eigenvalue weighted by molar-refractivity contribution is 5.21. The van der Waals surface area contributed by atoms with Crippen molar-refractivity contribution >= 4 is 0 Å². The van der Waals surface area contributed by atoms with Gasteiger partial charge in [-0.1, -0.05) is 36.4 Å². The number of halogens is 2. The number of aliphatic hydroxyl groups is 1. The van der Waals surface area contributed by atoms with Crippen LogP contribution in [0.3, 0.4) is 0 Å². The van der Waals surface area contributed by atoms with E-state index in [1.54, 1.807) is 36.4 Å². The number of hydrogen-bond acceptors (Lipinski definition) is 1. The zero-order chi connectivity index (χ0) is 13.0. The Hall–Kier alpha value is -1.74. The summed E-state index contributed by atoms with van der Waals surface area (Å²) in [5.74, 6) is -0.685. The van der Waals surface area contributed by atoms with Crippen LogP contribution in [0.1, 0.15) is 11.1 Å². The van der Waals surface area contributed by atoms with Gasteiger partial charge < -0.3 is 5.11 Å². The van der Waals surface area contributed by atoms with Crippen molar-refractivity contribution < 1.29 is 13.9 Å². The molecule has 0 saturated carbocycles. The number of rotatable bonds is 4. The van der Waals surface area contributed by atoms with E-state index in [0.717, 1.165) is 0 Å². The Bertz CT molecular complexity index is 478. The van der Waals surface area contributed by atoms with Crippen LogP contribution < -0.4 is 0 Å². The summed E-state index contributed by atoms with van der Waals surface area (Å²) in [5, 5.41) is 9.87. The fraction of sp³-hybridized carbons (Fsp3) is 0.200. The lowest BCUT2D eigenvalue weighted by Crippen LogP contribution is -2.15. The Morgan fingerprint density at radius 2 is 1.17 bits per heavy atom. The van der Waals surface area contributed by atoms with Gasteiger partial charge in [0, 0.05) is 12.8 Å². The lowest BCUT2D eigenvalue weighted by Gasteiger charge is -2.11. The maximum absolute atomic E-state index is 13.4. The first-order valence-electron chi connectivity index (χ1n) is 5.81. The topological polar surface area (TPSA) is 20.2 Å². The van der Waals surface area contributed by atoms with Crippen LogP contribution in [0.5, 0.6) is 0 Å². The van der Waals surface area contributed by atoms with E-state index in [4.69, 9.17) is 0 Å². The predicted molar refractivity (Wildman–Crippen MR) is 66.2 cm³/mol. The number of aliphatic hydroxyl groups excluding tert-OH is 1. The van der Waals surface area contributed by atoms with Crippen molar-refractivity contribution in [2.75, 3.05) is 0 Å². The van der Waals surface area contributed by atoms with Gasteiger partial charge in [-0.25, -0.2) is 8.78 Å². The third-order valence-corrected chi connectivity index (χ3v) is 2.83. The smallest absolute Gasteiger partial charge is 0.126 e. The molecule has 2 aromatic rings. The van der Waals surface area contributed by atoms with E-state index >= 15 is 0 Å². The lowest BCUT2D eigenvalue weighted by molar-refractivity contribution is 0.173. The molecule has 0 bridgehead atoms. The van der Waals surface area contributed by atoms with Crippen molar-refractivity contribution in [2.24, 2.45) is 0 Å². The Kier molecular flexibility index (Phi) is 4.05. The normalized spacial score (nSPS) is 10.9. The molecule has 0 aliphatic heterocycles. The van der Waals surface area contributed by atoms with E-state index in [2.05, 4.69) is 0 Å². The molecular weight excluding hydrogens is 234 g/mol. The Balaban J connectivity index is 2.04. The number of hydrogen-bond donors (Lipinski definition) is 1. The first-order chi connectivity index (χ1) is 8.66. The molecule has 0 aliphatic carbocycles. The van der Waals surface area contributed by atoms with E-state index in [0.29, 0.717) is 11.1 Å². The SMILES string of the molecule is OC(Cc1ccccc1F)Cc1ccccc1F. The van der Waals surface area contributed by atoms with Crippen molar-refractivity contribution in [2.45, 2.75) is 18.9 Å². The highest BCUT2D eigenvalue weighted by Gasteiger charge is 2.11. The molecule has 0 fully saturated rings. The summed E-state index contributed by atoms with van der Waals surface area (Å²) < 4.78 is 26.8. The highest BCUT2D eigenvalue weighted by Crippen LogP contribution is 2.14. The highest BCUT2D eigenvalue weighted by atomic mass is 19.1. The average Bonchev–Trinajstić information content (AvgIpc) is 2.35. The van der Waals surface area contributed by atoms with Gasteiger partial charge in [-0.3, -0.25) is 0 Å². The van der Waals surface area contributed by atoms with Crippen LogP contribution in [-0.2, 0) is 12.8 Å². The fourth-order valence-electron chi connectivity index (χ4n) is 1.91. The maximum atomic E-state index is 13.4. The average molecular weight is 248 g/mol. The summed E-state index contributed by atoms with van der Waals surface area (Å²) in [6.45, 7) is 0. The van der Waals surface area contributed by atoms with Crippen molar-refractivity contribution in [3.05, 3.63) is 71.3 Å². The standard InChI is InChI=1S/C15H14F2O/c16-14-7-3-1-5-11(14)9-13(18)10-12-6-2-4-8-15(12)17/h1-8,13,18H,9-10H2. The van der Waals surface area contributed by atoms with E-state index in [1.165, 1.54) is 12.1 Å². The minimum absolute atomic E-state index is 0.182. The zero-order valence-electron chi connectivity index (χ0n) is 9.81. The largest absolute Gasteiger partial charge is 0.392 e. The van der Waals surface area contributed by atoms with Gasteiger partial charge >= 0.3 is 0 Å². The molecule has 0 unspecified atom stereocenters. The third kappa shape index (κ3) is 3.14. The molecular formula is C15H14F2O. The minimum atomic E-state index is -0.793. The van der Waals surface area contributed by atoms with Crippen LogP contribution in [0.25, 0.3) is 0 Å². The second-order valence-electron chi connectivity index (χ2n) is 4.24. The minimum Gasteiger partial charge on any atom is -0.392 e. The van der Waals surface area contributed by atoms with Gasteiger partial charge in [-0.15, -0.1) is 0 Å². The quantitative estimate of drug-likeness (QED) is 0.881. The summed E-state index contributed by atoms with van der Waals surface area (Å²) >= 11 is 0. The van der Waals surface area contributed by atoms with E-state index in [9.17, 15) is 13.9 Å². The molecule has 0 heterocycles. The summed E-state index contributed by atoms with van der Waals surface area (Å²) in [6.07, 6.45) is -0.430. The van der Waals surface area contributed by atoms with Gasteiger partial charge in [-0.05, 0) is 23.3 Å². The van der Waals surface area contributed by atoms with Gasteiger partial charge in [0.1, 0.15) is 11.6 Å². The maximum Gasteiger partial charge on any atom is 0.126 e. The molecule has 0 aliphatic rings. The Labute approximate surface area is 105 Å². The molecule has 3 heteroatoms. The van der Waals surface area contributed by atoms with Crippen molar-refractivity contribution in [3.8, 4) is 0 Å². The van der Waals surface area contributed by atoms with Gasteiger partial charge in [0.2, 0.25) is 0 Å². The molecule has 0 atom stereocenters. The first kappa shape index (κ1) is 12.7. The van der Waals surface area contributed by atoms with Crippen LogP contribution in [0.4, 0.5) is 8.78 Å². The molecule has 0 amide bonds. The van der Waals surface area contributed by atoms with Crippen LogP contribution in [0.2, 0.25) is 0 Å². The molecule has 2 rings (SSSR count). The molecule has 0 spiro atoms. The van der Waals surface area contributed by atoms with Crippen molar-refractivity contribution in [1.82, 2.24) is 0 Å². The molecule has 1 N–H and O–H groups in total. The molecule has 0 radical (unpaired) electrons. The second kappa shape index (κ2) is 5.74. The monoisotopic (exact) mass is 248 g/mol.